The summed E-state index contributed by atoms with van der Waals surface area (Å²) in [6.45, 7) is 5.90. The average Bonchev–Trinajstić information content (AvgIpc) is 2.39. The van der Waals surface area contributed by atoms with Crippen molar-refractivity contribution in [1.29, 1.82) is 0 Å². The molecular formula is C14H22N2O2S. The van der Waals surface area contributed by atoms with Crippen molar-refractivity contribution in [3.8, 4) is 5.75 Å². The highest BCUT2D eigenvalue weighted by Crippen LogP contribution is 2.13. The van der Waals surface area contributed by atoms with Crippen LogP contribution in [0.3, 0.4) is 0 Å². The van der Waals surface area contributed by atoms with Crippen molar-refractivity contribution in [1.82, 2.24) is 4.90 Å². The zero-order valence-electron chi connectivity index (χ0n) is 11.6. The highest BCUT2D eigenvalue weighted by Gasteiger charge is 2.01. The van der Waals surface area contributed by atoms with E-state index in [9.17, 15) is 0 Å². The molecule has 5 heteroatoms. The first-order chi connectivity index (χ1) is 9.13. The first-order valence-corrected chi connectivity index (χ1v) is 6.83. The number of rotatable bonds is 9. The van der Waals surface area contributed by atoms with E-state index in [-0.39, 0.29) is 0 Å². The van der Waals surface area contributed by atoms with E-state index >= 15 is 0 Å². The van der Waals surface area contributed by atoms with E-state index in [1.807, 2.05) is 38.2 Å². The van der Waals surface area contributed by atoms with Crippen LogP contribution in [-0.2, 0) is 4.74 Å². The molecule has 0 saturated carbocycles. The second-order valence-electron chi connectivity index (χ2n) is 4.24. The van der Waals surface area contributed by atoms with Crippen LogP contribution in [0.5, 0.6) is 5.75 Å². The summed E-state index contributed by atoms with van der Waals surface area (Å²) >= 11 is 4.94. The van der Waals surface area contributed by atoms with Crippen LogP contribution in [0.25, 0.3) is 0 Å². The van der Waals surface area contributed by atoms with Crippen LogP contribution >= 0.6 is 12.2 Å². The molecular weight excluding hydrogens is 260 g/mol. The summed E-state index contributed by atoms with van der Waals surface area (Å²) in [7, 11) is 2.05. The van der Waals surface area contributed by atoms with Gasteiger partial charge in [-0.3, -0.25) is 0 Å². The number of hydrogen-bond donors (Lipinski definition) is 1. The molecule has 0 radical (unpaired) electrons. The Morgan fingerprint density at radius 2 is 2.05 bits per heavy atom. The molecule has 0 saturated heterocycles. The van der Waals surface area contributed by atoms with Crippen molar-refractivity contribution in [3.05, 3.63) is 29.8 Å². The Hall–Kier alpha value is -1.17. The van der Waals surface area contributed by atoms with E-state index in [0.717, 1.165) is 37.6 Å². The molecule has 1 aromatic rings. The van der Waals surface area contributed by atoms with E-state index in [0.29, 0.717) is 11.6 Å². The fraction of sp³-hybridized carbons (Fsp3) is 0.500. The SMILES string of the molecule is CCOCCN(C)CCOc1cccc(C(N)=S)c1. The zero-order chi connectivity index (χ0) is 14.1. The Morgan fingerprint density at radius 1 is 1.32 bits per heavy atom. The Labute approximate surface area is 120 Å². The molecule has 0 aliphatic heterocycles. The highest BCUT2D eigenvalue weighted by atomic mass is 32.1. The van der Waals surface area contributed by atoms with Crippen LogP contribution in [0.15, 0.2) is 24.3 Å². The minimum atomic E-state index is 0.388. The Bertz CT molecular complexity index is 399. The minimum Gasteiger partial charge on any atom is -0.492 e. The monoisotopic (exact) mass is 282 g/mol. The summed E-state index contributed by atoms with van der Waals surface area (Å²) in [5, 5.41) is 0. The molecule has 1 aromatic carbocycles. The van der Waals surface area contributed by atoms with Gasteiger partial charge in [0, 0.05) is 25.3 Å². The van der Waals surface area contributed by atoms with Crippen LogP contribution < -0.4 is 10.5 Å². The first-order valence-electron chi connectivity index (χ1n) is 6.42. The third-order valence-electron chi connectivity index (χ3n) is 2.68. The molecule has 0 bridgehead atoms. The second kappa shape index (κ2) is 8.85. The number of nitrogens with two attached hydrogens (primary N) is 1. The smallest absolute Gasteiger partial charge is 0.120 e. The number of likely N-dealkylation sites (N-methyl/N-ethyl adjacent to an activating group) is 1. The number of nitrogens with zero attached hydrogens (tertiary/aromatic N) is 1. The van der Waals surface area contributed by atoms with Crippen molar-refractivity contribution in [2.75, 3.05) is 40.0 Å². The predicted molar refractivity (Wildman–Crippen MR) is 81.8 cm³/mol. The second-order valence-corrected chi connectivity index (χ2v) is 4.68. The van der Waals surface area contributed by atoms with E-state index in [1.165, 1.54) is 0 Å². The highest BCUT2D eigenvalue weighted by molar-refractivity contribution is 7.80. The van der Waals surface area contributed by atoms with Gasteiger partial charge in [0.25, 0.3) is 0 Å². The maximum Gasteiger partial charge on any atom is 0.120 e. The van der Waals surface area contributed by atoms with Gasteiger partial charge in [0.15, 0.2) is 0 Å². The summed E-state index contributed by atoms with van der Waals surface area (Å²) in [5.41, 5.74) is 6.41. The fourth-order valence-electron chi connectivity index (χ4n) is 1.54. The van der Waals surface area contributed by atoms with Gasteiger partial charge in [0.05, 0.1) is 6.61 Å². The third-order valence-corrected chi connectivity index (χ3v) is 2.92. The molecule has 106 valence electrons. The van der Waals surface area contributed by atoms with Gasteiger partial charge in [0.1, 0.15) is 17.3 Å². The molecule has 0 unspecified atom stereocenters. The van der Waals surface area contributed by atoms with Gasteiger partial charge in [-0.1, -0.05) is 24.4 Å². The third kappa shape index (κ3) is 6.52. The molecule has 0 spiro atoms. The molecule has 0 aromatic heterocycles. The average molecular weight is 282 g/mol. The number of ether oxygens (including phenoxy) is 2. The maximum absolute atomic E-state index is 5.68. The molecule has 19 heavy (non-hydrogen) atoms. The Balaban J connectivity index is 2.28. The largest absolute Gasteiger partial charge is 0.492 e. The normalized spacial score (nSPS) is 10.7. The van der Waals surface area contributed by atoms with Crippen molar-refractivity contribution in [2.24, 2.45) is 5.73 Å². The van der Waals surface area contributed by atoms with Crippen LogP contribution in [0, 0.1) is 0 Å². The van der Waals surface area contributed by atoms with E-state index in [1.54, 1.807) is 0 Å². The first kappa shape index (κ1) is 15.9. The molecule has 0 aliphatic rings. The molecule has 2 N–H and O–H groups in total. The lowest BCUT2D eigenvalue weighted by Gasteiger charge is -2.16. The molecule has 0 atom stereocenters. The summed E-state index contributed by atoms with van der Waals surface area (Å²) in [6, 6.07) is 7.54. The van der Waals surface area contributed by atoms with Gasteiger partial charge in [-0.05, 0) is 26.1 Å². The van der Waals surface area contributed by atoms with Crippen LogP contribution in [-0.4, -0.2) is 49.8 Å². The molecule has 0 aliphatic carbocycles. The molecule has 4 nitrogen and oxygen atoms in total. The fourth-order valence-corrected chi connectivity index (χ4v) is 1.66. The van der Waals surface area contributed by atoms with Gasteiger partial charge >= 0.3 is 0 Å². The van der Waals surface area contributed by atoms with Crippen LogP contribution in [0.1, 0.15) is 12.5 Å². The molecule has 0 heterocycles. The maximum atomic E-state index is 5.68. The lowest BCUT2D eigenvalue weighted by molar-refractivity contribution is 0.116. The van der Waals surface area contributed by atoms with Crippen LogP contribution in [0.4, 0.5) is 0 Å². The summed E-state index contributed by atoms with van der Waals surface area (Å²) < 4.78 is 11.0. The summed E-state index contributed by atoms with van der Waals surface area (Å²) in [4.78, 5) is 2.56. The van der Waals surface area contributed by atoms with Crippen molar-refractivity contribution >= 4 is 17.2 Å². The zero-order valence-corrected chi connectivity index (χ0v) is 12.4. The van der Waals surface area contributed by atoms with Gasteiger partial charge < -0.3 is 20.1 Å². The minimum absolute atomic E-state index is 0.388. The van der Waals surface area contributed by atoms with Gasteiger partial charge in [0.2, 0.25) is 0 Å². The van der Waals surface area contributed by atoms with Gasteiger partial charge in [-0.15, -0.1) is 0 Å². The summed E-state index contributed by atoms with van der Waals surface area (Å²) in [6.07, 6.45) is 0. The van der Waals surface area contributed by atoms with Crippen molar-refractivity contribution in [3.63, 3.8) is 0 Å². The standard InChI is InChI=1S/C14H22N2O2S/c1-3-17-9-7-16(2)8-10-18-13-6-4-5-12(11-13)14(15)19/h4-6,11H,3,7-10H2,1-2H3,(H2,15,19). The topological polar surface area (TPSA) is 47.7 Å². The lowest BCUT2D eigenvalue weighted by Crippen LogP contribution is -2.27. The molecule has 0 amide bonds. The lowest BCUT2D eigenvalue weighted by atomic mass is 10.2. The van der Waals surface area contributed by atoms with Gasteiger partial charge in [-0.25, -0.2) is 0 Å². The van der Waals surface area contributed by atoms with Crippen LogP contribution in [0.2, 0.25) is 0 Å². The van der Waals surface area contributed by atoms with Crippen molar-refractivity contribution in [2.45, 2.75) is 6.92 Å². The molecule has 1 rings (SSSR count). The van der Waals surface area contributed by atoms with E-state index < -0.39 is 0 Å². The number of hydrogen-bond acceptors (Lipinski definition) is 4. The predicted octanol–water partition coefficient (Wildman–Crippen LogP) is 1.67. The molecule has 0 fully saturated rings. The Kier molecular flexibility index (Phi) is 7.40. The van der Waals surface area contributed by atoms with E-state index in [2.05, 4.69) is 4.90 Å². The van der Waals surface area contributed by atoms with Gasteiger partial charge in [-0.2, -0.15) is 0 Å². The van der Waals surface area contributed by atoms with E-state index in [4.69, 9.17) is 27.4 Å². The quantitative estimate of drug-likeness (QED) is 0.551. The number of thiocarbonyl (C=S) groups is 1. The summed E-state index contributed by atoms with van der Waals surface area (Å²) in [5.74, 6) is 0.795. The Morgan fingerprint density at radius 3 is 2.74 bits per heavy atom. The number of benzene rings is 1. The van der Waals surface area contributed by atoms with Crippen molar-refractivity contribution < 1.29 is 9.47 Å².